The van der Waals surface area contributed by atoms with E-state index in [4.69, 9.17) is 5.11 Å². The van der Waals surface area contributed by atoms with Gasteiger partial charge in [0.25, 0.3) is 10.2 Å². The summed E-state index contributed by atoms with van der Waals surface area (Å²) in [5.41, 5.74) is 0. The van der Waals surface area contributed by atoms with E-state index >= 15 is 0 Å². The van der Waals surface area contributed by atoms with Gasteiger partial charge in [-0.25, -0.2) is 0 Å². The molecule has 5 nitrogen and oxygen atoms in total. The van der Waals surface area contributed by atoms with Gasteiger partial charge in [-0.3, -0.25) is 0 Å². The van der Waals surface area contributed by atoms with Gasteiger partial charge in [-0.2, -0.15) is 17.0 Å². The van der Waals surface area contributed by atoms with Crippen LogP contribution in [0.2, 0.25) is 0 Å². The van der Waals surface area contributed by atoms with Crippen LogP contribution < -0.4 is 0 Å². The maximum atomic E-state index is 12.2. The first kappa shape index (κ1) is 14.9. The summed E-state index contributed by atoms with van der Waals surface area (Å²) < 4.78 is 27.2. The summed E-state index contributed by atoms with van der Waals surface area (Å²) in [7, 11) is -1.73. The van der Waals surface area contributed by atoms with Crippen molar-refractivity contribution in [2.45, 2.75) is 32.6 Å². The van der Waals surface area contributed by atoms with Gasteiger partial charge < -0.3 is 5.11 Å². The fraction of sp³-hybridized carbons (Fsp3) is 1.00. The zero-order valence-electron chi connectivity index (χ0n) is 10.8. The van der Waals surface area contributed by atoms with Crippen LogP contribution >= 0.6 is 0 Å². The fourth-order valence-corrected chi connectivity index (χ4v) is 3.58. The molecule has 6 heteroatoms. The lowest BCUT2D eigenvalue weighted by molar-refractivity contribution is 0.246. The molecule has 0 aliphatic carbocycles. The van der Waals surface area contributed by atoms with Crippen molar-refractivity contribution in [2.24, 2.45) is 5.92 Å². The van der Waals surface area contributed by atoms with E-state index in [2.05, 4.69) is 6.92 Å². The number of nitrogens with zero attached hydrogens (tertiary/aromatic N) is 2. The molecule has 1 aliphatic heterocycles. The van der Waals surface area contributed by atoms with Gasteiger partial charge in [-0.15, -0.1) is 0 Å². The summed E-state index contributed by atoms with van der Waals surface area (Å²) in [6.07, 6.45) is 3.54. The van der Waals surface area contributed by atoms with E-state index in [1.54, 1.807) is 11.4 Å². The standard InChI is InChI=1S/C11H24N2O3S/c1-3-11-5-8-13(9-6-11)17(15,16)12(2)7-4-10-14/h11,14H,3-10H2,1-2H3. The Morgan fingerprint density at radius 2 is 1.94 bits per heavy atom. The average molecular weight is 264 g/mol. The molecule has 102 valence electrons. The van der Waals surface area contributed by atoms with E-state index in [9.17, 15) is 8.42 Å². The van der Waals surface area contributed by atoms with Crippen molar-refractivity contribution in [2.75, 3.05) is 33.3 Å². The third kappa shape index (κ3) is 3.91. The molecule has 0 aromatic carbocycles. The van der Waals surface area contributed by atoms with Gasteiger partial charge in [0.05, 0.1) is 0 Å². The molecular formula is C11H24N2O3S. The number of hydrogen-bond acceptors (Lipinski definition) is 3. The van der Waals surface area contributed by atoms with E-state index < -0.39 is 10.2 Å². The van der Waals surface area contributed by atoms with Crippen molar-refractivity contribution in [3.05, 3.63) is 0 Å². The second-order valence-corrected chi connectivity index (χ2v) is 6.69. The molecule has 1 heterocycles. The molecule has 1 saturated heterocycles. The minimum Gasteiger partial charge on any atom is -0.396 e. The monoisotopic (exact) mass is 264 g/mol. The van der Waals surface area contributed by atoms with Crippen LogP contribution in [0.5, 0.6) is 0 Å². The summed E-state index contributed by atoms with van der Waals surface area (Å²) in [4.78, 5) is 0. The Hall–Kier alpha value is -0.170. The first-order valence-electron chi connectivity index (χ1n) is 6.34. The number of piperidine rings is 1. The Morgan fingerprint density at radius 1 is 1.35 bits per heavy atom. The van der Waals surface area contributed by atoms with Crippen LogP contribution in [0.4, 0.5) is 0 Å². The second kappa shape index (κ2) is 6.68. The average Bonchev–Trinajstić information content (AvgIpc) is 2.35. The number of hydrogen-bond donors (Lipinski definition) is 1. The zero-order chi connectivity index (χ0) is 12.9. The molecule has 0 atom stereocenters. The van der Waals surface area contributed by atoms with Crippen LogP contribution in [0.1, 0.15) is 32.6 Å². The molecule has 0 aromatic rings. The van der Waals surface area contributed by atoms with Crippen molar-refractivity contribution in [1.82, 2.24) is 8.61 Å². The van der Waals surface area contributed by atoms with Gasteiger partial charge in [-0.05, 0) is 25.2 Å². The van der Waals surface area contributed by atoms with E-state index in [0.29, 0.717) is 32.0 Å². The predicted molar refractivity (Wildman–Crippen MR) is 67.8 cm³/mol. The van der Waals surface area contributed by atoms with Gasteiger partial charge in [0.1, 0.15) is 0 Å². The summed E-state index contributed by atoms with van der Waals surface area (Å²) in [6.45, 7) is 3.82. The van der Waals surface area contributed by atoms with Gasteiger partial charge in [0, 0.05) is 33.3 Å². The topological polar surface area (TPSA) is 60.9 Å². The highest BCUT2D eigenvalue weighted by atomic mass is 32.2. The molecular weight excluding hydrogens is 240 g/mol. The number of aliphatic hydroxyl groups is 1. The SMILES string of the molecule is CCC1CCN(S(=O)(=O)N(C)CCCO)CC1. The lowest BCUT2D eigenvalue weighted by atomic mass is 9.96. The van der Waals surface area contributed by atoms with Crippen LogP contribution in [-0.2, 0) is 10.2 Å². The van der Waals surface area contributed by atoms with Crippen LogP contribution in [-0.4, -0.2) is 55.4 Å². The smallest absolute Gasteiger partial charge is 0.281 e. The maximum Gasteiger partial charge on any atom is 0.281 e. The molecule has 0 unspecified atom stereocenters. The highest BCUT2D eigenvalue weighted by Gasteiger charge is 2.30. The van der Waals surface area contributed by atoms with Crippen LogP contribution in [0.15, 0.2) is 0 Å². The molecule has 17 heavy (non-hydrogen) atoms. The van der Waals surface area contributed by atoms with Gasteiger partial charge in [0.15, 0.2) is 0 Å². The lowest BCUT2D eigenvalue weighted by Crippen LogP contribution is -2.46. The molecule has 0 bridgehead atoms. The summed E-state index contributed by atoms with van der Waals surface area (Å²) in [6, 6.07) is 0. The van der Waals surface area contributed by atoms with Crippen LogP contribution in [0.25, 0.3) is 0 Å². The van der Waals surface area contributed by atoms with Crippen molar-refractivity contribution in [3.8, 4) is 0 Å². The largest absolute Gasteiger partial charge is 0.396 e. The Bertz CT molecular complexity index is 311. The van der Waals surface area contributed by atoms with E-state index in [1.165, 1.54) is 4.31 Å². The van der Waals surface area contributed by atoms with Crippen molar-refractivity contribution in [3.63, 3.8) is 0 Å². The summed E-state index contributed by atoms with van der Waals surface area (Å²) >= 11 is 0. The molecule has 1 fully saturated rings. The number of aliphatic hydroxyl groups excluding tert-OH is 1. The molecule has 0 amide bonds. The Morgan fingerprint density at radius 3 is 2.41 bits per heavy atom. The van der Waals surface area contributed by atoms with Crippen molar-refractivity contribution < 1.29 is 13.5 Å². The van der Waals surface area contributed by atoms with E-state index in [1.807, 2.05) is 0 Å². The van der Waals surface area contributed by atoms with Gasteiger partial charge >= 0.3 is 0 Å². The summed E-state index contributed by atoms with van der Waals surface area (Å²) in [5, 5.41) is 8.72. The molecule has 0 radical (unpaired) electrons. The van der Waals surface area contributed by atoms with Gasteiger partial charge in [0.2, 0.25) is 0 Å². The van der Waals surface area contributed by atoms with Crippen LogP contribution in [0.3, 0.4) is 0 Å². The highest BCUT2D eigenvalue weighted by molar-refractivity contribution is 7.86. The third-order valence-electron chi connectivity index (χ3n) is 3.50. The fourth-order valence-electron chi connectivity index (χ4n) is 2.15. The minimum absolute atomic E-state index is 0.0256. The molecule has 1 aliphatic rings. The van der Waals surface area contributed by atoms with Crippen molar-refractivity contribution in [1.29, 1.82) is 0 Å². The van der Waals surface area contributed by atoms with Crippen LogP contribution in [0, 0.1) is 5.92 Å². The van der Waals surface area contributed by atoms with Crippen molar-refractivity contribution >= 4 is 10.2 Å². The maximum absolute atomic E-state index is 12.2. The van der Waals surface area contributed by atoms with Gasteiger partial charge in [-0.1, -0.05) is 13.3 Å². The highest BCUT2D eigenvalue weighted by Crippen LogP contribution is 2.22. The van der Waals surface area contributed by atoms with E-state index in [0.717, 1.165) is 19.3 Å². The third-order valence-corrected chi connectivity index (χ3v) is 5.49. The normalized spacial score (nSPS) is 20.0. The molecule has 0 saturated carbocycles. The molecule has 1 N–H and O–H groups in total. The Kier molecular flexibility index (Phi) is 5.85. The molecule has 0 aromatic heterocycles. The quantitative estimate of drug-likeness (QED) is 0.767. The first-order chi connectivity index (χ1) is 8.02. The molecule has 0 spiro atoms. The number of rotatable bonds is 6. The van der Waals surface area contributed by atoms with E-state index in [-0.39, 0.29) is 6.61 Å². The summed E-state index contributed by atoms with van der Waals surface area (Å²) in [5.74, 6) is 0.671. The Labute approximate surface area is 105 Å². The first-order valence-corrected chi connectivity index (χ1v) is 7.74. The molecule has 1 rings (SSSR count). The zero-order valence-corrected chi connectivity index (χ0v) is 11.6. The predicted octanol–water partition coefficient (Wildman–Crippen LogP) is 0.667. The second-order valence-electron chi connectivity index (χ2n) is 4.66. The Balaban J connectivity index is 2.53. The minimum atomic E-state index is -3.31. The lowest BCUT2D eigenvalue weighted by Gasteiger charge is -2.33.